The molecule has 1 fully saturated rings. The summed E-state index contributed by atoms with van der Waals surface area (Å²) in [7, 11) is 1.57. The van der Waals surface area contributed by atoms with Crippen LogP contribution in [0.5, 0.6) is 5.75 Å². The molecule has 8 heteroatoms. The fourth-order valence-electron chi connectivity index (χ4n) is 4.35. The van der Waals surface area contributed by atoms with E-state index in [1.807, 2.05) is 37.3 Å². The second kappa shape index (κ2) is 9.97. The van der Waals surface area contributed by atoms with Crippen molar-refractivity contribution in [3.05, 3.63) is 71.4 Å². The van der Waals surface area contributed by atoms with Gasteiger partial charge in [0.2, 0.25) is 5.91 Å². The molecule has 172 valence electrons. The number of pyridine rings is 1. The molecule has 0 spiro atoms. The number of ether oxygens (including phenoxy) is 2. The Balaban J connectivity index is 1.40. The quantitative estimate of drug-likeness (QED) is 0.378. The Hall–Kier alpha value is -3.49. The number of nitrogens with one attached hydrogen (secondary N) is 2. The summed E-state index contributed by atoms with van der Waals surface area (Å²) in [6.45, 7) is 2.34. The van der Waals surface area contributed by atoms with E-state index in [0.717, 1.165) is 22.2 Å². The van der Waals surface area contributed by atoms with Gasteiger partial charge >= 0.3 is 0 Å². The van der Waals surface area contributed by atoms with Crippen molar-refractivity contribution in [3.63, 3.8) is 0 Å². The molecule has 3 unspecified atom stereocenters. The maximum atomic E-state index is 12.7. The van der Waals surface area contributed by atoms with Crippen LogP contribution in [0.15, 0.2) is 54.6 Å². The molecule has 1 aliphatic carbocycles. The van der Waals surface area contributed by atoms with Crippen LogP contribution in [-0.4, -0.2) is 41.3 Å². The van der Waals surface area contributed by atoms with Gasteiger partial charge in [-0.1, -0.05) is 18.2 Å². The molecule has 1 aliphatic rings. The van der Waals surface area contributed by atoms with Crippen LogP contribution in [0.2, 0.25) is 0 Å². The van der Waals surface area contributed by atoms with Crippen molar-refractivity contribution < 1.29 is 24.3 Å². The first kappa shape index (κ1) is 22.7. The van der Waals surface area contributed by atoms with Crippen LogP contribution < -0.4 is 15.5 Å². The maximum absolute atomic E-state index is 12.7. The molecule has 2 amide bonds. The SMILES string of the molecule is COC1CC(NC(=O)c2ccc(OCc3cc(C)nc4ccccc34)cc2)C(C(=O)NO)C1. The summed E-state index contributed by atoms with van der Waals surface area (Å²) in [4.78, 5) is 29.2. The Bertz CT molecular complexity index is 1150. The second-order valence-corrected chi connectivity index (χ2v) is 8.24. The number of rotatable bonds is 7. The summed E-state index contributed by atoms with van der Waals surface area (Å²) in [6, 6.07) is 16.4. The summed E-state index contributed by atoms with van der Waals surface area (Å²) in [5.74, 6) is -0.731. The highest BCUT2D eigenvalue weighted by Crippen LogP contribution is 2.29. The minimum atomic E-state index is -0.551. The first-order valence-electron chi connectivity index (χ1n) is 10.8. The molecule has 0 bridgehead atoms. The number of aryl methyl sites for hydroxylation is 1. The molecule has 2 aromatic carbocycles. The third-order valence-corrected chi connectivity index (χ3v) is 6.06. The highest BCUT2D eigenvalue weighted by atomic mass is 16.5. The van der Waals surface area contributed by atoms with Crippen molar-refractivity contribution in [3.8, 4) is 5.75 Å². The largest absolute Gasteiger partial charge is 0.489 e. The Morgan fingerprint density at radius 3 is 2.61 bits per heavy atom. The number of hydrogen-bond acceptors (Lipinski definition) is 6. The van der Waals surface area contributed by atoms with Gasteiger partial charge < -0.3 is 14.8 Å². The van der Waals surface area contributed by atoms with Crippen molar-refractivity contribution in [1.29, 1.82) is 0 Å². The molecule has 4 rings (SSSR count). The molecule has 3 atom stereocenters. The number of methoxy groups -OCH3 is 1. The molecular formula is C25H27N3O5. The first-order valence-corrected chi connectivity index (χ1v) is 10.8. The Kier molecular flexibility index (Phi) is 6.86. The van der Waals surface area contributed by atoms with Gasteiger partial charge in [-0.3, -0.25) is 19.8 Å². The predicted molar refractivity (Wildman–Crippen MR) is 122 cm³/mol. The number of nitrogens with zero attached hydrogens (tertiary/aromatic N) is 1. The Morgan fingerprint density at radius 1 is 1.12 bits per heavy atom. The highest BCUT2D eigenvalue weighted by Gasteiger charge is 2.39. The fourth-order valence-corrected chi connectivity index (χ4v) is 4.35. The van der Waals surface area contributed by atoms with E-state index in [1.165, 1.54) is 0 Å². The highest BCUT2D eigenvalue weighted by molar-refractivity contribution is 5.95. The standard InChI is InChI=1S/C25H27N3O5/c1-15-11-17(20-5-3-4-6-22(20)26-15)14-33-18-9-7-16(8-10-18)24(29)27-23-13-19(32-2)12-21(23)25(30)28-31/h3-11,19,21,23,31H,12-14H2,1-2H3,(H,27,29)(H,28,30). The summed E-state index contributed by atoms with van der Waals surface area (Å²) in [6.07, 6.45) is 0.784. The predicted octanol–water partition coefficient (Wildman–Crippen LogP) is 3.15. The molecule has 1 aromatic heterocycles. The van der Waals surface area contributed by atoms with E-state index in [0.29, 0.717) is 30.8 Å². The second-order valence-electron chi connectivity index (χ2n) is 8.24. The van der Waals surface area contributed by atoms with Crippen LogP contribution in [0.1, 0.15) is 34.5 Å². The number of fused-ring (bicyclic) bond motifs is 1. The molecule has 33 heavy (non-hydrogen) atoms. The number of para-hydroxylation sites is 1. The average Bonchev–Trinajstić information content (AvgIpc) is 3.25. The van der Waals surface area contributed by atoms with Crippen LogP contribution in [0.3, 0.4) is 0 Å². The van der Waals surface area contributed by atoms with E-state index >= 15 is 0 Å². The third kappa shape index (κ3) is 5.13. The number of benzene rings is 2. The minimum Gasteiger partial charge on any atom is -0.489 e. The number of carbonyl (C=O) groups excluding carboxylic acids is 2. The zero-order chi connectivity index (χ0) is 23.4. The van der Waals surface area contributed by atoms with Crippen molar-refractivity contribution in [1.82, 2.24) is 15.8 Å². The van der Waals surface area contributed by atoms with Crippen LogP contribution in [0.25, 0.3) is 10.9 Å². The first-order chi connectivity index (χ1) is 16.0. The van der Waals surface area contributed by atoms with Crippen molar-refractivity contribution >= 4 is 22.7 Å². The van der Waals surface area contributed by atoms with E-state index in [2.05, 4.69) is 10.3 Å². The van der Waals surface area contributed by atoms with Crippen LogP contribution in [0, 0.1) is 12.8 Å². The van der Waals surface area contributed by atoms with Gasteiger partial charge in [-0.05, 0) is 56.2 Å². The topological polar surface area (TPSA) is 110 Å². The summed E-state index contributed by atoms with van der Waals surface area (Å²) in [5, 5.41) is 12.9. The zero-order valence-corrected chi connectivity index (χ0v) is 18.6. The molecule has 1 heterocycles. The van der Waals surface area contributed by atoms with E-state index in [-0.39, 0.29) is 12.0 Å². The van der Waals surface area contributed by atoms with Crippen molar-refractivity contribution in [2.45, 2.75) is 38.5 Å². The smallest absolute Gasteiger partial charge is 0.251 e. The minimum absolute atomic E-state index is 0.152. The summed E-state index contributed by atoms with van der Waals surface area (Å²) in [5.41, 5.74) is 5.03. The molecule has 8 nitrogen and oxygen atoms in total. The summed E-state index contributed by atoms with van der Waals surface area (Å²) < 4.78 is 11.3. The van der Waals surface area contributed by atoms with Gasteiger partial charge in [0, 0.05) is 35.4 Å². The van der Waals surface area contributed by atoms with E-state index < -0.39 is 17.9 Å². The number of aromatic nitrogens is 1. The van der Waals surface area contributed by atoms with Crippen molar-refractivity contribution in [2.24, 2.45) is 5.92 Å². The van der Waals surface area contributed by atoms with Gasteiger partial charge in [-0.2, -0.15) is 0 Å². The van der Waals surface area contributed by atoms with E-state index in [1.54, 1.807) is 36.9 Å². The van der Waals surface area contributed by atoms with Gasteiger partial charge in [-0.25, -0.2) is 5.48 Å². The number of hydrogen-bond donors (Lipinski definition) is 3. The van der Waals surface area contributed by atoms with Crippen LogP contribution in [0.4, 0.5) is 0 Å². The van der Waals surface area contributed by atoms with Gasteiger partial charge in [0.1, 0.15) is 12.4 Å². The number of hydroxylamine groups is 1. The number of carbonyl (C=O) groups is 2. The maximum Gasteiger partial charge on any atom is 0.251 e. The third-order valence-electron chi connectivity index (χ3n) is 6.06. The Morgan fingerprint density at radius 2 is 1.88 bits per heavy atom. The van der Waals surface area contributed by atoms with Gasteiger partial charge in [0.05, 0.1) is 17.5 Å². The molecule has 3 N–H and O–H groups in total. The van der Waals surface area contributed by atoms with Gasteiger partial charge in [-0.15, -0.1) is 0 Å². The molecule has 0 aliphatic heterocycles. The zero-order valence-electron chi connectivity index (χ0n) is 18.6. The van der Waals surface area contributed by atoms with Crippen molar-refractivity contribution in [2.75, 3.05) is 7.11 Å². The van der Waals surface area contributed by atoms with Crippen LogP contribution in [-0.2, 0) is 16.1 Å². The lowest BCUT2D eigenvalue weighted by atomic mass is 10.0. The molecule has 3 aromatic rings. The fraction of sp³-hybridized carbons (Fsp3) is 0.320. The monoisotopic (exact) mass is 449 g/mol. The lowest BCUT2D eigenvalue weighted by Gasteiger charge is -2.19. The van der Waals surface area contributed by atoms with Gasteiger partial charge in [0.25, 0.3) is 5.91 Å². The molecular weight excluding hydrogens is 422 g/mol. The molecule has 0 saturated heterocycles. The summed E-state index contributed by atoms with van der Waals surface area (Å²) >= 11 is 0. The van der Waals surface area contributed by atoms with Gasteiger partial charge in [0.15, 0.2) is 0 Å². The van der Waals surface area contributed by atoms with E-state index in [4.69, 9.17) is 14.7 Å². The Labute approximate surface area is 191 Å². The van der Waals surface area contributed by atoms with Crippen LogP contribution >= 0.6 is 0 Å². The normalized spacial score (nSPS) is 19.9. The molecule has 0 radical (unpaired) electrons. The van der Waals surface area contributed by atoms with E-state index in [9.17, 15) is 9.59 Å². The average molecular weight is 450 g/mol. The lowest BCUT2D eigenvalue weighted by molar-refractivity contribution is -0.133. The number of amides is 2. The lowest BCUT2D eigenvalue weighted by Crippen LogP contribution is -2.43. The molecule has 1 saturated carbocycles.